The van der Waals surface area contributed by atoms with E-state index in [1.165, 1.54) is 30.1 Å². The van der Waals surface area contributed by atoms with Gasteiger partial charge >= 0.3 is 11.1 Å². The quantitative estimate of drug-likeness (QED) is 0.775. The van der Waals surface area contributed by atoms with Crippen LogP contribution in [0.5, 0.6) is 5.75 Å². The third kappa shape index (κ3) is 2.93. The monoisotopic (exact) mass is 354 g/mol. The molecule has 1 atom stereocenters. The summed E-state index contributed by atoms with van der Waals surface area (Å²) in [7, 11) is -3.30. The minimum Gasteiger partial charge on any atom is -0.491 e. The maximum atomic E-state index is 11.6. The molecule has 23 heavy (non-hydrogen) atoms. The van der Waals surface area contributed by atoms with E-state index in [9.17, 15) is 18.0 Å². The van der Waals surface area contributed by atoms with Gasteiger partial charge in [0.2, 0.25) is 0 Å². The molecule has 0 radical (unpaired) electrons. The van der Waals surface area contributed by atoms with Gasteiger partial charge in [-0.1, -0.05) is 0 Å². The molecule has 7 nitrogen and oxygen atoms in total. The Bertz CT molecular complexity index is 993. The fraction of sp³-hybridized carbons (Fsp3) is 0.286. The van der Waals surface area contributed by atoms with E-state index in [2.05, 4.69) is 9.97 Å². The highest BCUT2D eigenvalue weighted by molar-refractivity contribution is 8.00. The molecule has 0 saturated heterocycles. The van der Waals surface area contributed by atoms with Gasteiger partial charge in [-0.2, -0.15) is 0 Å². The highest BCUT2D eigenvalue weighted by Crippen LogP contribution is 2.48. The van der Waals surface area contributed by atoms with Crippen LogP contribution in [0, 0.1) is 0 Å². The van der Waals surface area contributed by atoms with Crippen LogP contribution in [0.1, 0.15) is 12.6 Å². The number of nitrogens with one attached hydrogen (secondary N) is 2. The Labute approximate surface area is 136 Å². The van der Waals surface area contributed by atoms with Crippen molar-refractivity contribution in [3.63, 3.8) is 0 Å². The smallest absolute Gasteiger partial charge is 0.313 e. The van der Waals surface area contributed by atoms with Crippen LogP contribution in [0.4, 0.5) is 0 Å². The molecule has 1 aromatic heterocycles. The van der Waals surface area contributed by atoms with Gasteiger partial charge in [0.05, 0.1) is 20.2 Å². The van der Waals surface area contributed by atoms with E-state index in [-0.39, 0.29) is 11.5 Å². The molecule has 122 valence electrons. The molecule has 1 aromatic carbocycles. The molecule has 0 spiro atoms. The second-order valence-electron chi connectivity index (χ2n) is 5.49. The lowest BCUT2D eigenvalue weighted by Gasteiger charge is -2.33. The van der Waals surface area contributed by atoms with Crippen LogP contribution in [0.25, 0.3) is 0 Å². The van der Waals surface area contributed by atoms with Gasteiger partial charge in [-0.05, 0) is 25.1 Å². The summed E-state index contributed by atoms with van der Waals surface area (Å²) in [5.74, 6) is 0.488. The van der Waals surface area contributed by atoms with Gasteiger partial charge < -0.3 is 14.7 Å². The lowest BCUT2D eigenvalue weighted by Crippen LogP contribution is -2.37. The Morgan fingerprint density at radius 2 is 2.00 bits per heavy atom. The molecule has 1 aliphatic rings. The predicted octanol–water partition coefficient (Wildman–Crippen LogP) is 0.867. The Morgan fingerprint density at radius 3 is 2.65 bits per heavy atom. The largest absolute Gasteiger partial charge is 0.491 e. The minimum absolute atomic E-state index is 0.193. The van der Waals surface area contributed by atoms with Gasteiger partial charge in [-0.3, -0.25) is 9.59 Å². The number of aromatic nitrogens is 2. The van der Waals surface area contributed by atoms with Gasteiger partial charge in [0.1, 0.15) is 12.4 Å². The number of H-pyrrole nitrogens is 2. The average molecular weight is 354 g/mol. The highest BCUT2D eigenvalue weighted by Gasteiger charge is 2.36. The van der Waals surface area contributed by atoms with Crippen LogP contribution in [-0.2, 0) is 14.6 Å². The third-order valence-electron chi connectivity index (χ3n) is 3.55. The number of aromatic amines is 2. The number of benzene rings is 1. The molecule has 0 fully saturated rings. The van der Waals surface area contributed by atoms with Crippen molar-refractivity contribution in [3.05, 3.63) is 50.8 Å². The van der Waals surface area contributed by atoms with Gasteiger partial charge in [0.25, 0.3) is 0 Å². The van der Waals surface area contributed by atoms with Gasteiger partial charge in [-0.15, -0.1) is 11.8 Å². The topological polar surface area (TPSA) is 109 Å². The number of fused-ring (bicyclic) bond motifs is 1. The second-order valence-corrected chi connectivity index (χ2v) is 9.05. The van der Waals surface area contributed by atoms with Crippen molar-refractivity contribution in [2.75, 3.05) is 12.9 Å². The Balaban J connectivity index is 2.00. The number of thioether (sulfide) groups is 1. The maximum Gasteiger partial charge on any atom is 0.313 e. The molecule has 0 saturated carbocycles. The fourth-order valence-electron chi connectivity index (χ4n) is 2.24. The number of ether oxygens (including phenoxy) is 1. The van der Waals surface area contributed by atoms with Crippen LogP contribution >= 0.6 is 11.8 Å². The first-order chi connectivity index (χ1) is 10.7. The summed E-state index contributed by atoms with van der Waals surface area (Å²) in [4.78, 5) is 28.6. The van der Waals surface area contributed by atoms with Crippen molar-refractivity contribution in [2.24, 2.45) is 0 Å². The molecule has 0 aliphatic carbocycles. The zero-order valence-corrected chi connectivity index (χ0v) is 14.0. The van der Waals surface area contributed by atoms with Crippen LogP contribution in [0.15, 0.2) is 43.8 Å². The molecular weight excluding hydrogens is 340 g/mol. The first-order valence-corrected chi connectivity index (χ1v) is 9.38. The lowest BCUT2D eigenvalue weighted by atomic mass is 10.1. The maximum absolute atomic E-state index is 11.6. The molecule has 2 aromatic rings. The molecule has 2 N–H and O–H groups in total. The van der Waals surface area contributed by atoms with Crippen molar-refractivity contribution >= 4 is 21.6 Å². The van der Waals surface area contributed by atoms with Crippen molar-refractivity contribution in [1.29, 1.82) is 0 Å². The zero-order valence-electron chi connectivity index (χ0n) is 12.4. The van der Waals surface area contributed by atoms with Crippen molar-refractivity contribution < 1.29 is 13.2 Å². The summed E-state index contributed by atoms with van der Waals surface area (Å²) in [6.45, 7) is 2.09. The van der Waals surface area contributed by atoms with Gasteiger partial charge in [-0.25, -0.2) is 8.42 Å². The number of sulfone groups is 1. The standard InChI is InChI=1S/C14H14N2O5S2/c1-14(11-6-15-12(17)13(18)16-11)7-21-9-5-8(23(2,19)20)3-4-10(9)22-14/h3-6H,7H2,1-2H3,(H,15,17)(H,16,18). The summed E-state index contributed by atoms with van der Waals surface area (Å²) >= 11 is 1.43. The van der Waals surface area contributed by atoms with Gasteiger partial charge in [0.15, 0.2) is 9.84 Å². The Hall–Kier alpha value is -2.00. The van der Waals surface area contributed by atoms with E-state index in [0.717, 1.165) is 11.2 Å². The minimum atomic E-state index is -3.30. The zero-order chi connectivity index (χ0) is 16.8. The van der Waals surface area contributed by atoms with E-state index in [1.807, 2.05) is 6.92 Å². The molecule has 2 heterocycles. The average Bonchev–Trinajstić information content (AvgIpc) is 2.48. The lowest BCUT2D eigenvalue weighted by molar-refractivity contribution is 0.262. The Kier molecular flexibility index (Phi) is 3.64. The van der Waals surface area contributed by atoms with Crippen molar-refractivity contribution in [2.45, 2.75) is 21.5 Å². The van der Waals surface area contributed by atoms with E-state index in [1.54, 1.807) is 6.07 Å². The molecular formula is C14H14N2O5S2. The fourth-order valence-corrected chi connectivity index (χ4v) is 4.05. The molecule has 1 unspecified atom stereocenters. The molecule has 0 bridgehead atoms. The molecule has 0 amide bonds. The predicted molar refractivity (Wildman–Crippen MR) is 85.9 cm³/mol. The van der Waals surface area contributed by atoms with Crippen LogP contribution in [-0.4, -0.2) is 31.2 Å². The van der Waals surface area contributed by atoms with Gasteiger partial charge in [0, 0.05) is 12.5 Å². The normalized spacial score (nSPS) is 20.6. The Morgan fingerprint density at radius 1 is 1.26 bits per heavy atom. The van der Waals surface area contributed by atoms with E-state index < -0.39 is 25.7 Å². The second kappa shape index (κ2) is 5.27. The summed E-state index contributed by atoms with van der Waals surface area (Å²) in [5.41, 5.74) is -0.898. The van der Waals surface area contributed by atoms with E-state index >= 15 is 0 Å². The molecule has 1 aliphatic heterocycles. The number of rotatable bonds is 2. The summed E-state index contributed by atoms with van der Waals surface area (Å²) < 4.78 is 28.3. The van der Waals surface area contributed by atoms with Crippen molar-refractivity contribution in [3.8, 4) is 5.75 Å². The molecule has 3 rings (SSSR count). The third-order valence-corrected chi connectivity index (χ3v) is 6.01. The van der Waals surface area contributed by atoms with E-state index in [4.69, 9.17) is 4.74 Å². The van der Waals surface area contributed by atoms with E-state index in [0.29, 0.717) is 11.4 Å². The number of hydrogen-bond donors (Lipinski definition) is 2. The molecule has 9 heteroatoms. The SMILES string of the molecule is CC1(c2c[nH]c(=O)c(=O)[nH]2)COc2cc(S(C)(=O)=O)ccc2S1. The van der Waals surface area contributed by atoms with Crippen molar-refractivity contribution in [1.82, 2.24) is 9.97 Å². The first-order valence-electron chi connectivity index (χ1n) is 6.67. The van der Waals surface area contributed by atoms with Crippen LogP contribution in [0.2, 0.25) is 0 Å². The summed E-state index contributed by atoms with van der Waals surface area (Å²) in [6.07, 6.45) is 2.59. The first kappa shape index (κ1) is 15.9. The van der Waals surface area contributed by atoms with Crippen LogP contribution in [0.3, 0.4) is 0 Å². The summed E-state index contributed by atoms with van der Waals surface area (Å²) in [6, 6.07) is 4.69. The highest BCUT2D eigenvalue weighted by atomic mass is 32.2. The number of hydrogen-bond acceptors (Lipinski definition) is 6. The van der Waals surface area contributed by atoms with Crippen LogP contribution < -0.4 is 15.9 Å². The summed E-state index contributed by atoms with van der Waals surface area (Å²) in [5, 5.41) is 0.